The average Bonchev–Trinajstić information content (AvgIpc) is 3.61. The van der Waals surface area contributed by atoms with Gasteiger partial charge in [0.2, 0.25) is 11.8 Å². The molecule has 0 N–H and O–H groups in total. The number of anilines is 1. The predicted molar refractivity (Wildman–Crippen MR) is 140 cm³/mol. The van der Waals surface area contributed by atoms with Crippen LogP contribution < -0.4 is 4.90 Å². The van der Waals surface area contributed by atoms with Gasteiger partial charge in [0.15, 0.2) is 0 Å². The summed E-state index contributed by atoms with van der Waals surface area (Å²) in [4.78, 5) is 30.8. The number of rotatable bonds is 10. The third-order valence-corrected chi connectivity index (χ3v) is 7.28. The van der Waals surface area contributed by atoms with Gasteiger partial charge in [-0.2, -0.15) is 0 Å². The Morgan fingerprint density at radius 1 is 0.917 bits per heavy atom. The zero-order chi connectivity index (χ0) is 25.1. The Bertz CT molecular complexity index is 1210. The summed E-state index contributed by atoms with van der Waals surface area (Å²) in [5, 5.41) is 0. The highest BCUT2D eigenvalue weighted by molar-refractivity contribution is 6.00. The highest BCUT2D eigenvalue weighted by Crippen LogP contribution is 2.42. The van der Waals surface area contributed by atoms with E-state index in [1.165, 1.54) is 25.0 Å². The number of benzene rings is 2. The molecule has 2 aliphatic rings. The van der Waals surface area contributed by atoms with Crippen molar-refractivity contribution in [2.75, 3.05) is 11.4 Å². The van der Waals surface area contributed by atoms with Crippen molar-refractivity contribution in [3.05, 3.63) is 83.9 Å². The molecule has 2 aromatic carbocycles. The van der Waals surface area contributed by atoms with Crippen LogP contribution in [0.2, 0.25) is 0 Å². The molecule has 6 heteroatoms. The monoisotopic (exact) mass is 487 g/mol. The van der Waals surface area contributed by atoms with Crippen LogP contribution in [0.4, 0.5) is 10.1 Å². The van der Waals surface area contributed by atoms with Crippen molar-refractivity contribution in [2.24, 2.45) is 0 Å². The van der Waals surface area contributed by atoms with Gasteiger partial charge in [0.25, 0.3) is 0 Å². The number of hydrogen-bond donors (Lipinski definition) is 0. The van der Waals surface area contributed by atoms with E-state index in [4.69, 9.17) is 0 Å². The summed E-state index contributed by atoms with van der Waals surface area (Å²) in [5.41, 5.74) is 3.49. The van der Waals surface area contributed by atoms with Crippen molar-refractivity contribution < 1.29 is 14.0 Å². The lowest BCUT2D eigenvalue weighted by Gasteiger charge is -2.39. The lowest BCUT2D eigenvalue weighted by Crippen LogP contribution is -2.47. The first-order chi connectivity index (χ1) is 17.6. The number of hydrogen-bond acceptors (Lipinski definition) is 2. The molecule has 1 fully saturated rings. The fraction of sp³-hybridized carbons (Fsp3) is 0.400. The van der Waals surface area contributed by atoms with Crippen LogP contribution in [-0.4, -0.2) is 33.9 Å². The number of nitrogens with zero attached hydrogens (tertiary/aromatic N) is 3. The number of para-hydroxylation sites is 2. The SMILES string of the molecule is CCCCCCCC(=O)N(CC(=O)N1c2ccccc2-n2cccc2C1c1ccc(F)cc1)C1CC1. The first kappa shape index (κ1) is 24.3. The van der Waals surface area contributed by atoms with Crippen molar-refractivity contribution in [3.63, 3.8) is 0 Å². The van der Waals surface area contributed by atoms with Crippen molar-refractivity contribution >= 4 is 17.5 Å². The molecule has 3 aromatic rings. The molecule has 1 atom stereocenters. The van der Waals surface area contributed by atoms with Crippen molar-refractivity contribution in [1.29, 1.82) is 0 Å². The van der Waals surface area contributed by atoms with Gasteiger partial charge in [-0.3, -0.25) is 14.5 Å². The Hall–Kier alpha value is -3.41. The number of carbonyl (C=O) groups excluding carboxylic acids is 2. The maximum absolute atomic E-state index is 14.1. The maximum atomic E-state index is 14.1. The van der Waals surface area contributed by atoms with E-state index >= 15 is 0 Å². The standard InChI is InChI=1S/C30H34FN3O2/c1-2-3-4-5-6-13-28(35)33(24-18-19-24)21-29(36)34-26-11-8-7-10-25(26)32-20-9-12-27(32)30(34)22-14-16-23(31)17-15-22/h7-12,14-17,20,24,30H,2-6,13,18-19,21H2,1H3. The van der Waals surface area contributed by atoms with E-state index in [9.17, 15) is 14.0 Å². The third kappa shape index (κ3) is 4.95. The normalized spacial score (nSPS) is 16.4. The average molecular weight is 488 g/mol. The van der Waals surface area contributed by atoms with Crippen LogP contribution in [-0.2, 0) is 9.59 Å². The summed E-state index contributed by atoms with van der Waals surface area (Å²) in [6.07, 6.45) is 9.83. The van der Waals surface area contributed by atoms with Crippen LogP contribution in [0.1, 0.15) is 75.6 Å². The molecule has 2 heterocycles. The molecule has 5 nitrogen and oxygen atoms in total. The van der Waals surface area contributed by atoms with Gasteiger partial charge in [-0.1, -0.05) is 56.9 Å². The van der Waals surface area contributed by atoms with Crippen molar-refractivity contribution in [3.8, 4) is 5.69 Å². The summed E-state index contributed by atoms with van der Waals surface area (Å²) in [5.74, 6) is -0.350. The zero-order valence-corrected chi connectivity index (χ0v) is 20.9. The minimum Gasteiger partial charge on any atom is -0.330 e. The molecule has 0 saturated heterocycles. The Balaban J connectivity index is 1.43. The van der Waals surface area contributed by atoms with E-state index in [0.29, 0.717) is 6.42 Å². The summed E-state index contributed by atoms with van der Waals surface area (Å²) >= 11 is 0. The maximum Gasteiger partial charge on any atom is 0.247 e. The molecule has 188 valence electrons. The summed E-state index contributed by atoms with van der Waals surface area (Å²) in [6.45, 7) is 2.24. The molecule has 0 spiro atoms. The smallest absolute Gasteiger partial charge is 0.247 e. The van der Waals surface area contributed by atoms with Crippen molar-refractivity contribution in [2.45, 2.75) is 70.4 Å². The number of amides is 2. The molecular formula is C30H34FN3O2. The predicted octanol–water partition coefficient (Wildman–Crippen LogP) is 6.40. The third-order valence-electron chi connectivity index (χ3n) is 7.28. The van der Waals surface area contributed by atoms with E-state index in [0.717, 1.165) is 54.7 Å². The first-order valence-corrected chi connectivity index (χ1v) is 13.2. The van der Waals surface area contributed by atoms with E-state index in [-0.39, 0.29) is 30.2 Å². The van der Waals surface area contributed by atoms with Crippen LogP contribution in [0.25, 0.3) is 5.69 Å². The largest absolute Gasteiger partial charge is 0.330 e. The molecule has 1 saturated carbocycles. The van der Waals surface area contributed by atoms with Crippen LogP contribution >= 0.6 is 0 Å². The fourth-order valence-electron chi connectivity index (χ4n) is 5.27. The number of fused-ring (bicyclic) bond motifs is 3. The van der Waals surface area contributed by atoms with Gasteiger partial charge < -0.3 is 9.47 Å². The van der Waals surface area contributed by atoms with Gasteiger partial charge >= 0.3 is 0 Å². The van der Waals surface area contributed by atoms with E-state index in [1.54, 1.807) is 17.0 Å². The quantitative estimate of drug-likeness (QED) is 0.311. The van der Waals surface area contributed by atoms with Gasteiger partial charge in [-0.05, 0) is 61.2 Å². The molecule has 2 amide bonds. The molecule has 1 aromatic heterocycles. The molecule has 0 bridgehead atoms. The number of unbranched alkanes of at least 4 members (excludes halogenated alkanes) is 4. The number of carbonyl (C=O) groups is 2. The zero-order valence-electron chi connectivity index (χ0n) is 20.9. The van der Waals surface area contributed by atoms with E-state index < -0.39 is 6.04 Å². The molecular weight excluding hydrogens is 453 g/mol. The van der Waals surface area contributed by atoms with Gasteiger partial charge in [-0.25, -0.2) is 4.39 Å². The Kier molecular flexibility index (Phi) is 7.21. The molecule has 1 aliphatic carbocycles. The molecule has 36 heavy (non-hydrogen) atoms. The second-order valence-electron chi connectivity index (χ2n) is 9.93. The molecule has 5 rings (SSSR count). The highest BCUT2D eigenvalue weighted by atomic mass is 19.1. The van der Waals surface area contributed by atoms with Crippen LogP contribution in [0.5, 0.6) is 0 Å². The summed E-state index contributed by atoms with van der Waals surface area (Å²) in [7, 11) is 0. The van der Waals surface area contributed by atoms with Crippen molar-refractivity contribution in [1.82, 2.24) is 9.47 Å². The van der Waals surface area contributed by atoms with Gasteiger partial charge in [0.1, 0.15) is 18.4 Å². The number of aromatic nitrogens is 1. The molecule has 1 aliphatic heterocycles. The second kappa shape index (κ2) is 10.7. The van der Waals surface area contributed by atoms with Gasteiger partial charge in [-0.15, -0.1) is 0 Å². The minimum absolute atomic E-state index is 0.0607. The lowest BCUT2D eigenvalue weighted by molar-refractivity contribution is -0.136. The highest BCUT2D eigenvalue weighted by Gasteiger charge is 2.39. The van der Waals surface area contributed by atoms with E-state index in [2.05, 4.69) is 11.5 Å². The summed E-state index contributed by atoms with van der Waals surface area (Å²) < 4.78 is 15.9. The first-order valence-electron chi connectivity index (χ1n) is 13.2. The topological polar surface area (TPSA) is 45.6 Å². The Labute approximate surface area is 212 Å². The molecule has 1 unspecified atom stereocenters. The summed E-state index contributed by atoms with van der Waals surface area (Å²) in [6, 6.07) is 17.9. The van der Waals surface area contributed by atoms with E-state index in [1.807, 2.05) is 47.5 Å². The van der Waals surface area contributed by atoms with Crippen LogP contribution in [0.15, 0.2) is 66.9 Å². The van der Waals surface area contributed by atoms with Crippen LogP contribution in [0.3, 0.4) is 0 Å². The minimum atomic E-state index is -0.409. The van der Waals surface area contributed by atoms with Crippen LogP contribution in [0, 0.1) is 5.82 Å². The fourth-order valence-corrected chi connectivity index (χ4v) is 5.27. The Morgan fingerprint density at radius 3 is 2.36 bits per heavy atom. The Morgan fingerprint density at radius 2 is 1.64 bits per heavy atom. The molecule has 0 radical (unpaired) electrons. The van der Waals surface area contributed by atoms with Gasteiger partial charge in [0.05, 0.1) is 17.1 Å². The number of halogens is 1. The lowest BCUT2D eigenvalue weighted by atomic mass is 9.97. The van der Waals surface area contributed by atoms with Gasteiger partial charge in [0, 0.05) is 18.7 Å². The second-order valence-corrected chi connectivity index (χ2v) is 9.93.